The second-order valence-corrected chi connectivity index (χ2v) is 3.68. The van der Waals surface area contributed by atoms with Crippen molar-refractivity contribution in [3.05, 3.63) is 17.5 Å². The van der Waals surface area contributed by atoms with Crippen molar-refractivity contribution in [1.82, 2.24) is 20.0 Å². The second-order valence-electron chi connectivity index (χ2n) is 2.53. The van der Waals surface area contributed by atoms with Crippen LogP contribution in [0.3, 0.4) is 0 Å². The Morgan fingerprint density at radius 2 is 2.18 bits per heavy atom. The molecule has 1 rings (SSSR count). The number of hydrogen-bond acceptors (Lipinski definition) is 6. The van der Waals surface area contributed by atoms with Gasteiger partial charge in [0.05, 0.1) is 6.61 Å². The Morgan fingerprint density at radius 1 is 1.47 bits per heavy atom. The van der Waals surface area contributed by atoms with E-state index >= 15 is 0 Å². The minimum atomic E-state index is -0.823. The van der Waals surface area contributed by atoms with E-state index < -0.39 is 12.1 Å². The maximum atomic E-state index is 11.2. The normalized spacial score (nSPS) is 9.53. The number of aromatic nitrogens is 2. The van der Waals surface area contributed by atoms with Crippen molar-refractivity contribution in [3.63, 3.8) is 0 Å². The molecular weight excluding hydrogens is 268 g/mol. The highest BCUT2D eigenvalue weighted by molar-refractivity contribution is 7.98. The summed E-state index contributed by atoms with van der Waals surface area (Å²) in [6, 6.07) is -0.727. The minimum Gasteiger partial charge on any atom is -0.450 e. The van der Waals surface area contributed by atoms with Crippen LogP contribution in [-0.2, 0) is 4.74 Å². The molecule has 3 amide bonds. The first-order chi connectivity index (χ1) is 8.13. The zero-order valence-electron chi connectivity index (χ0n) is 8.77. The Labute approximate surface area is 106 Å². The van der Waals surface area contributed by atoms with Crippen LogP contribution in [0.15, 0.2) is 17.4 Å². The van der Waals surface area contributed by atoms with Crippen LogP contribution in [0.25, 0.3) is 0 Å². The molecule has 0 fully saturated rings. The summed E-state index contributed by atoms with van der Waals surface area (Å²) in [6.07, 6.45) is 2.03. The van der Waals surface area contributed by atoms with Crippen LogP contribution >= 0.6 is 23.5 Å². The zero-order valence-corrected chi connectivity index (χ0v) is 10.3. The first kappa shape index (κ1) is 13.5. The van der Waals surface area contributed by atoms with E-state index in [2.05, 4.69) is 19.4 Å². The van der Waals surface area contributed by atoms with Crippen LogP contribution in [0, 0.1) is 0 Å². The molecule has 7 nitrogen and oxygen atoms in total. The van der Waals surface area contributed by atoms with Gasteiger partial charge < -0.3 is 4.74 Å². The van der Waals surface area contributed by atoms with Crippen molar-refractivity contribution in [2.45, 2.75) is 11.9 Å². The fourth-order valence-electron chi connectivity index (χ4n) is 0.757. The van der Waals surface area contributed by atoms with Crippen molar-refractivity contribution < 1.29 is 14.3 Å². The molecule has 1 aromatic rings. The summed E-state index contributed by atoms with van der Waals surface area (Å²) in [5, 5.41) is 2.44. The Hall–Kier alpha value is -1.54. The van der Waals surface area contributed by atoms with Crippen molar-refractivity contribution >= 4 is 35.7 Å². The highest BCUT2D eigenvalue weighted by Crippen LogP contribution is 2.18. The first-order valence-corrected chi connectivity index (χ1v) is 5.70. The minimum absolute atomic E-state index is 0.161. The molecule has 0 aliphatic carbocycles. The molecule has 1 heterocycles. The number of rotatable bonds is 3. The number of alkyl carbamates (subject to hydrolysis) is 1. The molecule has 0 aliphatic heterocycles. The third-order valence-corrected chi connectivity index (χ3v) is 2.52. The molecular formula is C8H9ClN4O3S. The molecule has 0 spiro atoms. The van der Waals surface area contributed by atoms with Crippen LogP contribution in [0.2, 0.25) is 5.15 Å². The summed E-state index contributed by atoms with van der Waals surface area (Å²) in [7, 11) is 0. The van der Waals surface area contributed by atoms with Gasteiger partial charge in [0.25, 0.3) is 0 Å². The third kappa shape index (κ3) is 4.87. The van der Waals surface area contributed by atoms with Gasteiger partial charge in [-0.25, -0.2) is 24.9 Å². The number of imide groups is 1. The molecule has 0 bridgehead atoms. The van der Waals surface area contributed by atoms with Gasteiger partial charge in [0.2, 0.25) is 0 Å². The van der Waals surface area contributed by atoms with Gasteiger partial charge in [-0.3, -0.25) is 4.72 Å². The number of nitrogens with one attached hydrogen (secondary N) is 2. The molecule has 0 unspecified atom stereocenters. The van der Waals surface area contributed by atoms with Crippen LogP contribution in [0.4, 0.5) is 9.59 Å². The van der Waals surface area contributed by atoms with Gasteiger partial charge in [-0.2, -0.15) is 0 Å². The standard InChI is InChI=1S/C8H9ClN4O3S/c1-2-16-8(15)12-7(14)13-17-6-5(9)10-3-4-11-6/h3-4H,2H2,1H3,(H2,12,13,14,15). The Bertz CT molecular complexity index is 418. The number of halogens is 1. The fourth-order valence-corrected chi connectivity index (χ4v) is 1.47. The molecule has 17 heavy (non-hydrogen) atoms. The van der Waals surface area contributed by atoms with Crippen LogP contribution in [-0.4, -0.2) is 28.7 Å². The zero-order chi connectivity index (χ0) is 12.7. The van der Waals surface area contributed by atoms with Crippen LogP contribution in [0.1, 0.15) is 6.92 Å². The summed E-state index contributed by atoms with van der Waals surface area (Å²) < 4.78 is 6.82. The van der Waals surface area contributed by atoms with Gasteiger partial charge in [-0.15, -0.1) is 0 Å². The molecule has 0 atom stereocenters. The number of urea groups is 1. The van der Waals surface area contributed by atoms with Gasteiger partial charge in [-0.05, 0) is 6.92 Å². The quantitative estimate of drug-likeness (QED) is 0.815. The molecule has 1 aromatic heterocycles. The van der Waals surface area contributed by atoms with E-state index in [0.29, 0.717) is 5.03 Å². The van der Waals surface area contributed by atoms with Crippen molar-refractivity contribution in [1.29, 1.82) is 0 Å². The smallest absolute Gasteiger partial charge is 0.415 e. The third-order valence-electron chi connectivity index (χ3n) is 1.35. The SMILES string of the molecule is CCOC(=O)NC(=O)NSc1nccnc1Cl. The summed E-state index contributed by atoms with van der Waals surface area (Å²) in [6.45, 7) is 1.81. The van der Waals surface area contributed by atoms with E-state index in [1.807, 2.05) is 5.32 Å². The van der Waals surface area contributed by atoms with Crippen molar-refractivity contribution in [2.75, 3.05) is 6.61 Å². The van der Waals surface area contributed by atoms with E-state index in [9.17, 15) is 9.59 Å². The molecule has 9 heteroatoms. The summed E-state index contributed by atoms with van der Waals surface area (Å²) in [5.74, 6) is 0. The maximum Gasteiger partial charge on any atom is 0.415 e. The van der Waals surface area contributed by atoms with Gasteiger partial charge in [0.1, 0.15) is 0 Å². The summed E-state index contributed by atoms with van der Waals surface area (Å²) in [4.78, 5) is 29.7. The van der Waals surface area contributed by atoms with Gasteiger partial charge >= 0.3 is 12.1 Å². The molecule has 0 aliphatic rings. The van der Waals surface area contributed by atoms with E-state index in [0.717, 1.165) is 11.9 Å². The highest BCUT2D eigenvalue weighted by Gasteiger charge is 2.09. The lowest BCUT2D eigenvalue weighted by Crippen LogP contribution is -2.36. The average Bonchev–Trinajstić information content (AvgIpc) is 2.28. The molecule has 0 radical (unpaired) electrons. The van der Waals surface area contributed by atoms with E-state index in [1.54, 1.807) is 6.92 Å². The molecule has 0 saturated carbocycles. The lowest BCUT2D eigenvalue weighted by atomic mass is 10.8. The molecule has 0 saturated heterocycles. The van der Waals surface area contributed by atoms with Crippen molar-refractivity contribution in [2.24, 2.45) is 0 Å². The molecule has 2 N–H and O–H groups in total. The lowest BCUT2D eigenvalue weighted by Gasteiger charge is -2.05. The van der Waals surface area contributed by atoms with E-state index in [4.69, 9.17) is 11.6 Å². The number of amides is 3. The predicted octanol–water partition coefficient (Wildman–Crippen LogP) is 1.59. The lowest BCUT2D eigenvalue weighted by molar-refractivity contribution is 0.153. The van der Waals surface area contributed by atoms with Gasteiger partial charge in [0.15, 0.2) is 10.2 Å². The number of carbonyl (C=O) groups excluding carboxylic acids is 2. The fraction of sp³-hybridized carbons (Fsp3) is 0.250. The molecule has 92 valence electrons. The monoisotopic (exact) mass is 276 g/mol. The van der Waals surface area contributed by atoms with Gasteiger partial charge in [0, 0.05) is 24.3 Å². The van der Waals surface area contributed by atoms with Gasteiger partial charge in [-0.1, -0.05) is 11.6 Å². The highest BCUT2D eigenvalue weighted by atomic mass is 35.5. The van der Waals surface area contributed by atoms with E-state index in [-0.39, 0.29) is 11.8 Å². The Balaban J connectivity index is 2.38. The predicted molar refractivity (Wildman–Crippen MR) is 61.6 cm³/mol. The average molecular weight is 277 g/mol. The maximum absolute atomic E-state index is 11.2. The number of nitrogens with zero attached hydrogens (tertiary/aromatic N) is 2. The summed E-state index contributed by atoms with van der Waals surface area (Å²) >= 11 is 6.55. The largest absolute Gasteiger partial charge is 0.450 e. The van der Waals surface area contributed by atoms with Crippen LogP contribution in [0.5, 0.6) is 0 Å². The topological polar surface area (TPSA) is 93.2 Å². The van der Waals surface area contributed by atoms with Crippen LogP contribution < -0.4 is 10.0 Å². The number of ether oxygens (including phenoxy) is 1. The van der Waals surface area contributed by atoms with E-state index in [1.165, 1.54) is 12.4 Å². The summed E-state index contributed by atoms with van der Waals surface area (Å²) in [5.41, 5.74) is 0. The second kappa shape index (κ2) is 6.92. The number of hydrogen-bond donors (Lipinski definition) is 2. The Kier molecular flexibility index (Phi) is 5.50. The van der Waals surface area contributed by atoms with Crippen molar-refractivity contribution in [3.8, 4) is 0 Å². The Morgan fingerprint density at radius 3 is 2.82 bits per heavy atom. The first-order valence-electron chi connectivity index (χ1n) is 4.50. The number of carbonyl (C=O) groups is 2. The molecule has 0 aromatic carbocycles.